The van der Waals surface area contributed by atoms with Gasteiger partial charge >= 0.3 is 0 Å². The number of quaternary nitrogens is 1. The second-order valence-corrected chi connectivity index (χ2v) is 3.79. The average Bonchev–Trinajstić information content (AvgIpc) is 2.06. The Morgan fingerprint density at radius 3 is 2.20 bits per heavy atom. The van der Waals surface area contributed by atoms with Gasteiger partial charge in [-0.3, -0.25) is 0 Å². The minimum Gasteiger partial charge on any atom is -0.365 e. The molecule has 1 aliphatic heterocycles. The smallest absolute Gasteiger partial charge is 0.214 e. The summed E-state index contributed by atoms with van der Waals surface area (Å²) in [5, 5.41) is 8.90. The average molecular weight is 148 g/mol. The highest BCUT2D eigenvalue weighted by Gasteiger charge is 2.34. The van der Waals surface area contributed by atoms with Gasteiger partial charge in [0.25, 0.3) is 0 Å². The summed E-state index contributed by atoms with van der Waals surface area (Å²) in [5.41, 5.74) is 0. The Bertz CT molecular complexity index is 147. The summed E-state index contributed by atoms with van der Waals surface area (Å²) in [4.78, 5) is 0. The van der Waals surface area contributed by atoms with E-state index in [9.17, 15) is 0 Å². The van der Waals surface area contributed by atoms with E-state index in [-0.39, 0.29) is 0 Å². The minimum absolute atomic E-state index is 0.618. The lowest BCUT2D eigenvalue weighted by Gasteiger charge is -2.38. The lowest BCUT2D eigenvalue weighted by Crippen LogP contribution is -2.52. The Morgan fingerprint density at radius 1 is 1.30 bits per heavy atom. The molecular weight excluding hydrogens is 130 g/mol. The molecule has 1 rings (SSSR count). The molecule has 1 fully saturated rings. The molecule has 0 aromatic rings. The highest BCUT2D eigenvalue weighted by atomic mass is 16.5. The van der Waals surface area contributed by atoms with Crippen molar-refractivity contribution in [3.8, 4) is 0 Å². The van der Waals surface area contributed by atoms with E-state index in [2.05, 4.69) is 24.3 Å². The van der Waals surface area contributed by atoms with Gasteiger partial charge < -0.3 is 14.7 Å². The first kappa shape index (κ1) is 5.52. The van der Waals surface area contributed by atoms with Crippen molar-refractivity contribution in [2.75, 3.05) is 27.2 Å². The summed E-state index contributed by atoms with van der Waals surface area (Å²) in [6, 6.07) is 0. The van der Waals surface area contributed by atoms with Crippen molar-refractivity contribution in [2.24, 2.45) is 0 Å². The molecule has 0 atom stereocenters. The molecule has 0 bridgehead atoms. The first-order chi connectivity index (χ1) is 5.54. The van der Waals surface area contributed by atoms with Gasteiger partial charge in [0.15, 0.2) is 5.79 Å². The van der Waals surface area contributed by atoms with Crippen LogP contribution in [0, 0.1) is 0 Å². The first-order valence-corrected chi connectivity index (χ1v) is 3.64. The largest absolute Gasteiger partial charge is 0.365 e. The van der Waals surface area contributed by atoms with Crippen LogP contribution in [0.25, 0.3) is 0 Å². The van der Waals surface area contributed by atoms with Gasteiger partial charge in [-0.15, -0.1) is 0 Å². The summed E-state index contributed by atoms with van der Waals surface area (Å²) < 4.78 is 14.6. The summed E-state index contributed by atoms with van der Waals surface area (Å²) in [5.74, 6) is -0.965. The van der Waals surface area contributed by atoms with Gasteiger partial charge in [-0.25, -0.2) is 0 Å². The van der Waals surface area contributed by atoms with Crippen molar-refractivity contribution in [3.63, 3.8) is 0 Å². The SMILES string of the molecule is [2H]OC1(O[2H])CC[N+](C)(C)CC1. The minimum atomic E-state index is -0.965. The molecule has 0 aliphatic carbocycles. The summed E-state index contributed by atoms with van der Waals surface area (Å²) in [7, 11) is 4.25. The lowest BCUT2D eigenvalue weighted by atomic mass is 10.0. The Morgan fingerprint density at radius 2 is 1.80 bits per heavy atom. The molecule has 0 saturated carbocycles. The van der Waals surface area contributed by atoms with Gasteiger partial charge in [-0.05, 0) is 0 Å². The number of nitrogens with zero attached hydrogens (tertiary/aromatic N) is 1. The third kappa shape index (κ3) is 1.94. The van der Waals surface area contributed by atoms with E-state index in [4.69, 9.17) is 2.86 Å². The van der Waals surface area contributed by atoms with Crippen molar-refractivity contribution in [1.82, 2.24) is 0 Å². The van der Waals surface area contributed by atoms with Crippen LogP contribution in [0.4, 0.5) is 0 Å². The standard InChI is InChI=1S/C7H16NO2/c1-8(2)5-3-7(9,10)4-6-8/h9-10H,3-6H2,1-2H3/q+1/i9D,10D. The van der Waals surface area contributed by atoms with Gasteiger partial charge in [0.05, 0.1) is 40.0 Å². The summed E-state index contributed by atoms with van der Waals surface area (Å²) in [6.45, 7) is 1.77. The van der Waals surface area contributed by atoms with Gasteiger partial charge in [-0.2, -0.15) is 0 Å². The first-order valence-electron chi connectivity index (χ1n) is 4.46. The highest BCUT2D eigenvalue weighted by Crippen LogP contribution is 2.21. The molecule has 3 heteroatoms. The third-order valence-corrected chi connectivity index (χ3v) is 2.20. The van der Waals surface area contributed by atoms with E-state index in [0.29, 0.717) is 12.8 Å². The Balaban J connectivity index is 2.53. The molecule has 0 aromatic carbocycles. The van der Waals surface area contributed by atoms with E-state index >= 15 is 0 Å². The fourth-order valence-electron chi connectivity index (χ4n) is 1.18. The predicted molar refractivity (Wildman–Crippen MR) is 38.2 cm³/mol. The maximum atomic E-state index is 6.82. The predicted octanol–water partition coefficient (Wildman–Crippen LogP) is -0.463. The Labute approximate surface area is 64.5 Å². The van der Waals surface area contributed by atoms with Crippen LogP contribution < -0.4 is 0 Å². The van der Waals surface area contributed by atoms with Crippen LogP contribution in [0.3, 0.4) is 0 Å². The number of likely N-dealkylation sites (tertiary alicyclic amines) is 1. The highest BCUT2D eigenvalue weighted by molar-refractivity contribution is 4.67. The molecule has 2 N–H and O–H groups in total. The van der Waals surface area contributed by atoms with Crippen molar-refractivity contribution < 1.29 is 14.7 Å². The monoisotopic (exact) mass is 148 g/mol. The molecule has 0 amide bonds. The molecule has 0 unspecified atom stereocenters. The van der Waals surface area contributed by atoms with Gasteiger partial charge in [0.1, 0.15) is 0 Å². The van der Waals surface area contributed by atoms with Crippen LogP contribution in [0.5, 0.6) is 0 Å². The second-order valence-electron chi connectivity index (χ2n) is 3.79. The van der Waals surface area contributed by atoms with E-state index in [1.54, 1.807) is 0 Å². The zero-order valence-corrected chi connectivity index (χ0v) is 6.59. The molecule has 0 radical (unpaired) electrons. The van der Waals surface area contributed by atoms with Crippen LogP contribution in [0.1, 0.15) is 12.8 Å². The summed E-state index contributed by atoms with van der Waals surface area (Å²) >= 11 is 0. The van der Waals surface area contributed by atoms with E-state index in [0.717, 1.165) is 17.6 Å². The normalized spacial score (nSPS) is 32.6. The molecule has 0 aromatic heterocycles. The fraction of sp³-hybridized carbons (Fsp3) is 1.00. The summed E-state index contributed by atoms with van der Waals surface area (Å²) in [6.07, 6.45) is 1.24. The molecule has 3 nitrogen and oxygen atoms in total. The number of rotatable bonds is 2. The van der Waals surface area contributed by atoms with Crippen LogP contribution >= 0.6 is 0 Å². The second kappa shape index (κ2) is 2.19. The molecular formula is C7H16NO2+. The van der Waals surface area contributed by atoms with Crippen LogP contribution in [-0.2, 0) is 0 Å². The van der Waals surface area contributed by atoms with E-state index in [1.165, 1.54) is 0 Å². The van der Waals surface area contributed by atoms with Crippen LogP contribution in [0.15, 0.2) is 0 Å². The third-order valence-electron chi connectivity index (χ3n) is 2.20. The number of hydrogen-bond donors (Lipinski definition) is 2. The topological polar surface area (TPSA) is 40.5 Å². The van der Waals surface area contributed by atoms with Gasteiger partial charge in [0, 0.05) is 0 Å². The molecule has 1 aliphatic rings. The maximum Gasteiger partial charge on any atom is 0.214 e. The van der Waals surface area contributed by atoms with Crippen molar-refractivity contribution >= 4 is 0 Å². The maximum absolute atomic E-state index is 6.82. The van der Waals surface area contributed by atoms with Crippen LogP contribution in [0.2, 0.25) is 0 Å². The van der Waals surface area contributed by atoms with Crippen LogP contribution in [-0.4, -0.2) is 50.5 Å². The van der Waals surface area contributed by atoms with Crippen molar-refractivity contribution in [3.05, 3.63) is 0 Å². The quantitative estimate of drug-likeness (QED) is 0.411. The Hall–Kier alpha value is -0.120. The van der Waals surface area contributed by atoms with E-state index in [1.807, 2.05) is 0 Å². The molecule has 10 heavy (non-hydrogen) atoms. The fourth-order valence-corrected chi connectivity index (χ4v) is 1.18. The molecule has 0 spiro atoms. The van der Waals surface area contributed by atoms with Gasteiger partial charge in [0.2, 0.25) is 2.86 Å². The molecule has 1 saturated heterocycles. The zero-order chi connectivity index (χ0) is 9.24. The lowest BCUT2D eigenvalue weighted by molar-refractivity contribution is -0.899. The number of hydrogen-bond acceptors (Lipinski definition) is 2. The van der Waals surface area contributed by atoms with Gasteiger partial charge in [-0.1, -0.05) is 0 Å². The zero-order valence-electron chi connectivity index (χ0n) is 8.59. The van der Waals surface area contributed by atoms with Crippen molar-refractivity contribution in [2.45, 2.75) is 18.6 Å². The Kier molecular flexibility index (Phi) is 1.21. The number of aliphatic hydroxyl groups is 2. The van der Waals surface area contributed by atoms with E-state index < -0.39 is 5.79 Å². The van der Waals surface area contributed by atoms with Crippen molar-refractivity contribution in [1.29, 1.82) is 2.86 Å². The molecule has 60 valence electrons. The number of piperidine rings is 1. The molecule has 1 heterocycles.